The molecule has 0 heterocycles. The lowest BCUT2D eigenvalue weighted by molar-refractivity contribution is -0.140. The van der Waals surface area contributed by atoms with Crippen LogP contribution >= 0.6 is 23.2 Å². The number of nitrogens with one attached hydrogen (secondary N) is 1. The molecule has 1 N–H and O–H groups in total. The summed E-state index contributed by atoms with van der Waals surface area (Å²) < 4.78 is 39.9. The molecule has 0 saturated heterocycles. The molecule has 0 bridgehead atoms. The zero-order valence-electron chi connectivity index (χ0n) is 24.9. The molecule has 3 aromatic rings. The van der Waals surface area contributed by atoms with Gasteiger partial charge in [-0.25, -0.2) is 8.42 Å². The van der Waals surface area contributed by atoms with Crippen molar-refractivity contribution in [3.8, 4) is 11.5 Å². The Morgan fingerprint density at radius 1 is 0.930 bits per heavy atom. The molecule has 0 aromatic heterocycles. The van der Waals surface area contributed by atoms with E-state index >= 15 is 0 Å². The van der Waals surface area contributed by atoms with E-state index in [4.69, 9.17) is 32.7 Å². The van der Waals surface area contributed by atoms with Crippen LogP contribution in [-0.2, 0) is 26.2 Å². The minimum atomic E-state index is -4.30. The van der Waals surface area contributed by atoms with Crippen molar-refractivity contribution in [3.63, 3.8) is 0 Å². The number of aryl methyl sites for hydroxylation is 1. The molecule has 3 rings (SSSR count). The standard InChI is InChI=1S/C31H37Cl2N3O6S/c1-6-16-34-31(38)27(7-2)35(19-22-10-11-23(32)17-26(22)33)30(37)20-36(24-12-8-21(3)9-13-24)43(39,40)25-14-15-28(41-4)29(18-25)42-5/h8-15,17-18,27H,6-7,16,19-20H2,1-5H3,(H,34,38)/t27-/m0/s1. The van der Waals surface area contributed by atoms with E-state index in [1.165, 1.54) is 37.3 Å². The first-order valence-electron chi connectivity index (χ1n) is 13.8. The van der Waals surface area contributed by atoms with E-state index in [0.29, 0.717) is 40.7 Å². The molecule has 2 amide bonds. The first-order chi connectivity index (χ1) is 20.5. The molecule has 1 atom stereocenters. The van der Waals surface area contributed by atoms with Crippen LogP contribution < -0.4 is 19.1 Å². The van der Waals surface area contributed by atoms with E-state index in [-0.39, 0.29) is 28.8 Å². The molecule has 43 heavy (non-hydrogen) atoms. The Morgan fingerprint density at radius 2 is 1.60 bits per heavy atom. The first kappa shape index (κ1) is 34.0. The summed E-state index contributed by atoms with van der Waals surface area (Å²) >= 11 is 12.6. The van der Waals surface area contributed by atoms with Crippen LogP contribution in [0, 0.1) is 6.92 Å². The summed E-state index contributed by atoms with van der Waals surface area (Å²) in [5, 5.41) is 3.60. The van der Waals surface area contributed by atoms with Crippen molar-refractivity contribution < 1.29 is 27.5 Å². The third kappa shape index (κ3) is 8.34. The summed E-state index contributed by atoms with van der Waals surface area (Å²) in [6, 6.07) is 15.0. The fourth-order valence-corrected chi connectivity index (χ4v) is 6.36. The summed E-state index contributed by atoms with van der Waals surface area (Å²) in [6.07, 6.45) is 1.00. The number of anilines is 1. The summed E-state index contributed by atoms with van der Waals surface area (Å²) in [5.74, 6) is -0.354. The lowest BCUT2D eigenvalue weighted by atomic mass is 10.1. The van der Waals surface area contributed by atoms with Gasteiger partial charge in [-0.2, -0.15) is 0 Å². The Labute approximate surface area is 263 Å². The molecule has 0 saturated carbocycles. The van der Waals surface area contributed by atoms with E-state index in [2.05, 4.69) is 5.32 Å². The van der Waals surface area contributed by atoms with Crippen molar-refractivity contribution in [2.24, 2.45) is 0 Å². The second kappa shape index (κ2) is 15.3. The quantitative estimate of drug-likeness (QED) is 0.235. The van der Waals surface area contributed by atoms with Crippen LogP contribution in [-0.4, -0.2) is 58.5 Å². The molecule has 3 aromatic carbocycles. The van der Waals surface area contributed by atoms with Crippen LogP contribution in [0.25, 0.3) is 0 Å². The van der Waals surface area contributed by atoms with Crippen LogP contribution in [0.1, 0.15) is 37.8 Å². The van der Waals surface area contributed by atoms with Gasteiger partial charge in [0.05, 0.1) is 24.8 Å². The maximum atomic E-state index is 14.2. The first-order valence-corrected chi connectivity index (χ1v) is 16.0. The maximum Gasteiger partial charge on any atom is 0.264 e. The third-order valence-electron chi connectivity index (χ3n) is 6.83. The fourth-order valence-electron chi connectivity index (χ4n) is 4.46. The van der Waals surface area contributed by atoms with Gasteiger partial charge in [-0.15, -0.1) is 0 Å². The second-order valence-electron chi connectivity index (χ2n) is 9.84. The van der Waals surface area contributed by atoms with E-state index in [1.54, 1.807) is 49.4 Å². The van der Waals surface area contributed by atoms with Crippen LogP contribution in [0.2, 0.25) is 10.0 Å². The zero-order valence-corrected chi connectivity index (χ0v) is 27.2. The number of amides is 2. The van der Waals surface area contributed by atoms with Crippen molar-refractivity contribution >= 4 is 50.7 Å². The van der Waals surface area contributed by atoms with Gasteiger partial charge in [0, 0.05) is 29.2 Å². The molecule has 0 aliphatic rings. The highest BCUT2D eigenvalue weighted by Crippen LogP contribution is 2.33. The van der Waals surface area contributed by atoms with Crippen LogP contribution in [0.5, 0.6) is 11.5 Å². The smallest absolute Gasteiger partial charge is 0.264 e. The molecular formula is C31H37Cl2N3O6S. The number of carbonyl (C=O) groups is 2. The number of carbonyl (C=O) groups excluding carboxylic acids is 2. The van der Waals surface area contributed by atoms with Crippen molar-refractivity contribution in [2.75, 3.05) is 31.6 Å². The Bertz CT molecular complexity index is 1530. The monoisotopic (exact) mass is 649 g/mol. The second-order valence-corrected chi connectivity index (χ2v) is 12.5. The Morgan fingerprint density at radius 3 is 2.19 bits per heavy atom. The molecule has 0 aliphatic heterocycles. The Hall–Kier alpha value is -3.47. The van der Waals surface area contributed by atoms with E-state index in [1.807, 2.05) is 13.8 Å². The molecule has 232 valence electrons. The lowest BCUT2D eigenvalue weighted by Crippen LogP contribution is -2.52. The molecule has 0 radical (unpaired) electrons. The number of nitrogens with zero attached hydrogens (tertiary/aromatic N) is 2. The largest absolute Gasteiger partial charge is 0.493 e. The fraction of sp³-hybridized carbons (Fsp3) is 0.355. The Kier molecular flexibility index (Phi) is 12.1. The van der Waals surface area contributed by atoms with Crippen LogP contribution in [0.4, 0.5) is 5.69 Å². The van der Waals surface area contributed by atoms with Crippen molar-refractivity contribution in [1.82, 2.24) is 10.2 Å². The van der Waals surface area contributed by atoms with Gasteiger partial charge >= 0.3 is 0 Å². The molecule has 0 spiro atoms. The van der Waals surface area contributed by atoms with Crippen molar-refractivity contribution in [3.05, 3.63) is 81.8 Å². The molecular weight excluding hydrogens is 613 g/mol. The van der Waals surface area contributed by atoms with Gasteiger partial charge in [0.2, 0.25) is 11.8 Å². The van der Waals surface area contributed by atoms with Crippen LogP contribution in [0.3, 0.4) is 0 Å². The average Bonchev–Trinajstić information content (AvgIpc) is 2.99. The number of sulfonamides is 1. The molecule has 0 aliphatic carbocycles. The molecule has 12 heteroatoms. The number of rotatable bonds is 14. The minimum Gasteiger partial charge on any atom is -0.493 e. The van der Waals surface area contributed by atoms with Gasteiger partial charge in [0.15, 0.2) is 11.5 Å². The Balaban J connectivity index is 2.11. The maximum absolute atomic E-state index is 14.2. The van der Waals surface area contributed by atoms with Gasteiger partial charge in [-0.1, -0.05) is 60.8 Å². The van der Waals surface area contributed by atoms with E-state index < -0.39 is 28.5 Å². The number of halogens is 2. The topological polar surface area (TPSA) is 105 Å². The summed E-state index contributed by atoms with van der Waals surface area (Å²) in [4.78, 5) is 28.7. The zero-order chi connectivity index (χ0) is 31.7. The highest BCUT2D eigenvalue weighted by atomic mass is 35.5. The summed E-state index contributed by atoms with van der Waals surface area (Å²) in [5.41, 5.74) is 1.75. The number of ether oxygens (including phenoxy) is 2. The SMILES string of the molecule is CCCNC(=O)[C@H](CC)N(Cc1ccc(Cl)cc1Cl)C(=O)CN(c1ccc(C)cc1)S(=O)(=O)c1ccc(OC)c(OC)c1. The average molecular weight is 651 g/mol. The van der Waals surface area contributed by atoms with Crippen molar-refractivity contribution in [1.29, 1.82) is 0 Å². The molecule has 0 fully saturated rings. The van der Waals surface area contributed by atoms with E-state index in [9.17, 15) is 18.0 Å². The van der Waals surface area contributed by atoms with Crippen LogP contribution in [0.15, 0.2) is 65.6 Å². The lowest BCUT2D eigenvalue weighted by Gasteiger charge is -2.33. The van der Waals surface area contributed by atoms with Gasteiger partial charge in [0.1, 0.15) is 12.6 Å². The minimum absolute atomic E-state index is 0.0367. The summed E-state index contributed by atoms with van der Waals surface area (Å²) in [7, 11) is -1.44. The predicted octanol–water partition coefficient (Wildman–Crippen LogP) is 5.85. The molecule has 0 unspecified atom stereocenters. The highest BCUT2D eigenvalue weighted by Gasteiger charge is 2.34. The van der Waals surface area contributed by atoms with Gasteiger partial charge < -0.3 is 19.7 Å². The number of hydrogen-bond acceptors (Lipinski definition) is 6. The number of methoxy groups -OCH3 is 2. The van der Waals surface area contributed by atoms with E-state index in [0.717, 1.165) is 9.87 Å². The number of benzene rings is 3. The van der Waals surface area contributed by atoms with Gasteiger partial charge in [-0.3, -0.25) is 13.9 Å². The van der Waals surface area contributed by atoms with Crippen molar-refractivity contribution in [2.45, 2.75) is 51.1 Å². The summed E-state index contributed by atoms with van der Waals surface area (Å²) in [6.45, 7) is 5.41. The number of hydrogen-bond donors (Lipinski definition) is 1. The highest BCUT2D eigenvalue weighted by molar-refractivity contribution is 7.92. The normalized spacial score (nSPS) is 11.9. The third-order valence-corrected chi connectivity index (χ3v) is 9.19. The van der Waals surface area contributed by atoms with Gasteiger partial charge in [-0.05, 0) is 61.7 Å². The van der Waals surface area contributed by atoms with Gasteiger partial charge in [0.25, 0.3) is 10.0 Å². The predicted molar refractivity (Wildman–Crippen MR) is 170 cm³/mol. The molecule has 9 nitrogen and oxygen atoms in total.